The number of hydrogen-bond donors (Lipinski definition) is 1. The summed E-state index contributed by atoms with van der Waals surface area (Å²) in [7, 11) is -3.70. The van der Waals surface area contributed by atoms with Crippen molar-refractivity contribution in [2.75, 3.05) is 28.2 Å². The van der Waals surface area contributed by atoms with Crippen LogP contribution in [0.1, 0.15) is 13.8 Å². The van der Waals surface area contributed by atoms with Gasteiger partial charge in [-0.1, -0.05) is 29.2 Å². The summed E-state index contributed by atoms with van der Waals surface area (Å²) in [6, 6.07) is 5.54. The van der Waals surface area contributed by atoms with Gasteiger partial charge < -0.3 is 4.74 Å². The number of benzene rings is 1. The van der Waals surface area contributed by atoms with Crippen LogP contribution in [0.5, 0.6) is 5.75 Å². The van der Waals surface area contributed by atoms with E-state index in [2.05, 4.69) is 22.1 Å². The SMILES string of the molecule is C=CCSc1nnc(NC(=O)[C@@H](C)N(c2ccc(OCC)cc2)S(C)(=O)=O)s1. The zero-order valence-electron chi connectivity index (χ0n) is 15.8. The van der Waals surface area contributed by atoms with Crippen LogP contribution in [-0.4, -0.2) is 49.2 Å². The standard InChI is InChI=1S/C17H22N4O4S3/c1-5-11-26-17-20-19-16(27-17)18-15(22)12(3)21(28(4,23)24)13-7-9-14(10-8-13)25-6-2/h5,7-10,12H,1,6,11H2,2-4H3,(H,18,19,22)/t12-/m1/s1. The monoisotopic (exact) mass is 442 g/mol. The first-order valence-corrected chi connectivity index (χ1v) is 12.0. The van der Waals surface area contributed by atoms with Crippen LogP contribution in [0.2, 0.25) is 0 Å². The summed E-state index contributed by atoms with van der Waals surface area (Å²) in [6.45, 7) is 7.51. The Morgan fingerprint density at radius 3 is 2.64 bits per heavy atom. The molecule has 0 spiro atoms. The second-order valence-corrected chi connectivity index (χ2v) is 9.73. The number of hydrogen-bond acceptors (Lipinski definition) is 8. The van der Waals surface area contributed by atoms with E-state index < -0.39 is 22.0 Å². The average molecular weight is 443 g/mol. The van der Waals surface area contributed by atoms with E-state index in [-0.39, 0.29) is 0 Å². The van der Waals surface area contributed by atoms with Gasteiger partial charge in [0.1, 0.15) is 11.8 Å². The van der Waals surface area contributed by atoms with Crippen LogP contribution in [0.3, 0.4) is 0 Å². The normalized spacial score (nSPS) is 12.2. The fraction of sp³-hybridized carbons (Fsp3) is 0.353. The number of sulfonamides is 1. The van der Waals surface area contributed by atoms with Crippen LogP contribution in [0.15, 0.2) is 41.3 Å². The van der Waals surface area contributed by atoms with Crippen LogP contribution in [0, 0.1) is 0 Å². The lowest BCUT2D eigenvalue weighted by atomic mass is 10.2. The molecule has 0 bridgehead atoms. The molecule has 2 rings (SSSR count). The lowest BCUT2D eigenvalue weighted by molar-refractivity contribution is -0.116. The molecule has 152 valence electrons. The summed E-state index contributed by atoms with van der Waals surface area (Å²) in [5, 5.41) is 10.8. The van der Waals surface area contributed by atoms with Gasteiger partial charge in [0.05, 0.1) is 18.6 Å². The third-order valence-corrected chi connectivity index (χ3v) is 6.66. The zero-order chi connectivity index (χ0) is 20.7. The summed E-state index contributed by atoms with van der Waals surface area (Å²) in [6.07, 6.45) is 2.80. The van der Waals surface area contributed by atoms with Gasteiger partial charge in [0, 0.05) is 5.75 Å². The molecule has 8 nitrogen and oxygen atoms in total. The minimum absolute atomic E-state index is 0.309. The molecule has 0 aliphatic rings. The number of nitrogens with zero attached hydrogens (tertiary/aromatic N) is 3. The Morgan fingerprint density at radius 1 is 1.39 bits per heavy atom. The average Bonchev–Trinajstić information content (AvgIpc) is 3.08. The van der Waals surface area contributed by atoms with Crippen molar-refractivity contribution >= 4 is 49.8 Å². The first-order valence-electron chi connectivity index (χ1n) is 8.36. The molecule has 1 amide bonds. The van der Waals surface area contributed by atoms with E-state index >= 15 is 0 Å². The molecule has 1 aromatic carbocycles. The van der Waals surface area contributed by atoms with Gasteiger partial charge in [-0.3, -0.25) is 14.4 Å². The number of rotatable bonds is 10. The van der Waals surface area contributed by atoms with Crippen LogP contribution in [-0.2, 0) is 14.8 Å². The Morgan fingerprint density at radius 2 is 2.07 bits per heavy atom. The number of nitrogens with one attached hydrogen (secondary N) is 1. The van der Waals surface area contributed by atoms with Gasteiger partial charge in [-0.25, -0.2) is 8.42 Å². The number of carbonyl (C=O) groups is 1. The molecule has 0 unspecified atom stereocenters. The predicted molar refractivity (Wildman–Crippen MR) is 114 cm³/mol. The number of ether oxygens (including phenoxy) is 1. The Hall–Kier alpha value is -2.11. The van der Waals surface area contributed by atoms with Gasteiger partial charge in [-0.15, -0.1) is 16.8 Å². The number of amides is 1. The first kappa shape index (κ1) is 22.2. The molecule has 1 N–H and O–H groups in total. The van der Waals surface area contributed by atoms with Crippen LogP contribution < -0.4 is 14.4 Å². The van der Waals surface area contributed by atoms with Gasteiger partial charge in [0.25, 0.3) is 0 Å². The van der Waals surface area contributed by atoms with Crippen molar-refractivity contribution in [3.63, 3.8) is 0 Å². The summed E-state index contributed by atoms with van der Waals surface area (Å²) >= 11 is 2.66. The second kappa shape index (κ2) is 9.89. The van der Waals surface area contributed by atoms with Gasteiger partial charge in [0.2, 0.25) is 21.1 Å². The fourth-order valence-electron chi connectivity index (χ4n) is 2.32. The molecule has 0 aliphatic heterocycles. The van der Waals surface area contributed by atoms with Crippen molar-refractivity contribution in [1.29, 1.82) is 0 Å². The van der Waals surface area contributed by atoms with Crippen molar-refractivity contribution in [3.8, 4) is 5.75 Å². The molecular formula is C17H22N4O4S3. The lowest BCUT2D eigenvalue weighted by Gasteiger charge is -2.28. The quantitative estimate of drug-likeness (QED) is 0.343. The van der Waals surface area contributed by atoms with E-state index in [9.17, 15) is 13.2 Å². The van der Waals surface area contributed by atoms with Gasteiger partial charge in [-0.2, -0.15) is 0 Å². The largest absolute Gasteiger partial charge is 0.494 e. The fourth-order valence-corrected chi connectivity index (χ4v) is 5.01. The third kappa shape index (κ3) is 5.94. The van der Waals surface area contributed by atoms with E-state index in [1.54, 1.807) is 30.3 Å². The van der Waals surface area contributed by atoms with Gasteiger partial charge >= 0.3 is 0 Å². The topological polar surface area (TPSA) is 101 Å². The minimum atomic E-state index is -3.70. The summed E-state index contributed by atoms with van der Waals surface area (Å²) in [5.41, 5.74) is 0.369. The molecule has 1 atom stereocenters. The van der Waals surface area contributed by atoms with Crippen molar-refractivity contribution in [2.45, 2.75) is 24.2 Å². The molecule has 11 heteroatoms. The third-order valence-electron chi connectivity index (χ3n) is 3.45. The van der Waals surface area contributed by atoms with E-state index in [4.69, 9.17) is 4.74 Å². The number of carbonyl (C=O) groups excluding carboxylic acids is 1. The highest BCUT2D eigenvalue weighted by Crippen LogP contribution is 2.27. The first-order chi connectivity index (χ1) is 13.3. The minimum Gasteiger partial charge on any atom is -0.494 e. The molecular weight excluding hydrogens is 420 g/mol. The van der Waals surface area contributed by atoms with Gasteiger partial charge in [-0.05, 0) is 38.1 Å². The molecule has 0 saturated heterocycles. The maximum atomic E-state index is 12.6. The Bertz CT molecular complexity index is 913. The Labute approximate surface area is 173 Å². The zero-order valence-corrected chi connectivity index (χ0v) is 18.2. The Balaban J connectivity index is 2.18. The van der Waals surface area contributed by atoms with E-state index in [1.807, 2.05) is 6.92 Å². The smallest absolute Gasteiger partial charge is 0.249 e. The number of aromatic nitrogens is 2. The molecule has 0 radical (unpaired) electrons. The van der Waals surface area contributed by atoms with Gasteiger partial charge in [0.15, 0.2) is 4.34 Å². The molecule has 0 saturated carbocycles. The maximum Gasteiger partial charge on any atom is 0.249 e. The second-order valence-electron chi connectivity index (χ2n) is 5.62. The molecule has 28 heavy (non-hydrogen) atoms. The molecule has 0 aliphatic carbocycles. The van der Waals surface area contributed by atoms with Crippen LogP contribution >= 0.6 is 23.1 Å². The summed E-state index contributed by atoms with van der Waals surface area (Å²) in [4.78, 5) is 12.6. The Kier molecular flexibility index (Phi) is 7.84. The summed E-state index contributed by atoms with van der Waals surface area (Å²) in [5.74, 6) is 0.796. The number of thioether (sulfide) groups is 1. The van der Waals surface area contributed by atoms with Crippen molar-refractivity contribution < 1.29 is 17.9 Å². The van der Waals surface area contributed by atoms with E-state index in [0.717, 1.165) is 10.6 Å². The molecule has 1 heterocycles. The predicted octanol–water partition coefficient (Wildman–Crippen LogP) is 3.01. The van der Waals surface area contributed by atoms with E-state index in [1.165, 1.54) is 30.0 Å². The van der Waals surface area contributed by atoms with Crippen LogP contribution in [0.25, 0.3) is 0 Å². The molecule has 1 aromatic heterocycles. The molecule has 2 aromatic rings. The lowest BCUT2D eigenvalue weighted by Crippen LogP contribution is -2.45. The highest BCUT2D eigenvalue weighted by atomic mass is 32.2. The highest BCUT2D eigenvalue weighted by molar-refractivity contribution is 8.01. The molecule has 0 fully saturated rings. The van der Waals surface area contributed by atoms with Crippen LogP contribution in [0.4, 0.5) is 10.8 Å². The van der Waals surface area contributed by atoms with E-state index in [0.29, 0.717) is 33.3 Å². The maximum absolute atomic E-state index is 12.6. The summed E-state index contributed by atoms with van der Waals surface area (Å²) < 4.78 is 31.8. The van der Waals surface area contributed by atoms with Crippen molar-refractivity contribution in [3.05, 3.63) is 36.9 Å². The highest BCUT2D eigenvalue weighted by Gasteiger charge is 2.29. The number of anilines is 2. The van der Waals surface area contributed by atoms with Crippen molar-refractivity contribution in [1.82, 2.24) is 10.2 Å². The van der Waals surface area contributed by atoms with Crippen molar-refractivity contribution in [2.24, 2.45) is 0 Å².